The van der Waals surface area contributed by atoms with Gasteiger partial charge in [0.2, 0.25) is 0 Å². The molecule has 3 nitrogen and oxygen atoms in total. The van der Waals surface area contributed by atoms with Gasteiger partial charge in [0.25, 0.3) is 0 Å². The predicted molar refractivity (Wildman–Crippen MR) is 75.9 cm³/mol. The lowest BCUT2D eigenvalue weighted by atomic mass is 10.00. The lowest BCUT2D eigenvalue weighted by Gasteiger charge is -2.30. The molecule has 1 aliphatic rings. The third-order valence-corrected chi connectivity index (χ3v) is 4.27. The molecule has 1 aromatic heterocycles. The molecule has 0 atom stereocenters. The standard InChI is InChI=1S/C13H11BrClN3/c14-11-1-2-12(15)10-8-18(6-3-9(10)11)13-7-16-4-5-17-13/h1-2,4-5,7H,3,6,8H2. The molecular formula is C13H11BrClN3. The molecule has 0 saturated carbocycles. The summed E-state index contributed by atoms with van der Waals surface area (Å²) in [5, 5.41) is 0.821. The first kappa shape index (κ1) is 11.9. The summed E-state index contributed by atoms with van der Waals surface area (Å²) in [6, 6.07) is 3.95. The zero-order valence-corrected chi connectivity index (χ0v) is 11.9. The Morgan fingerprint density at radius 2 is 2.11 bits per heavy atom. The minimum Gasteiger partial charge on any atom is -0.351 e. The van der Waals surface area contributed by atoms with Crippen LogP contribution in [0.5, 0.6) is 0 Å². The fourth-order valence-electron chi connectivity index (χ4n) is 2.24. The summed E-state index contributed by atoms with van der Waals surface area (Å²) in [4.78, 5) is 10.6. The highest BCUT2D eigenvalue weighted by Crippen LogP contribution is 2.32. The second kappa shape index (κ2) is 4.86. The lowest BCUT2D eigenvalue weighted by Crippen LogP contribution is -2.31. The Morgan fingerprint density at radius 1 is 1.22 bits per heavy atom. The van der Waals surface area contributed by atoms with Crippen molar-refractivity contribution in [1.82, 2.24) is 9.97 Å². The molecule has 1 aliphatic heterocycles. The molecule has 18 heavy (non-hydrogen) atoms. The molecule has 92 valence electrons. The van der Waals surface area contributed by atoms with Gasteiger partial charge < -0.3 is 4.90 Å². The molecule has 3 rings (SSSR count). The van der Waals surface area contributed by atoms with Crippen molar-refractivity contribution in [2.75, 3.05) is 11.4 Å². The van der Waals surface area contributed by atoms with E-state index in [9.17, 15) is 0 Å². The average Bonchev–Trinajstić information content (AvgIpc) is 2.44. The van der Waals surface area contributed by atoms with Crippen molar-refractivity contribution in [3.05, 3.63) is 51.3 Å². The first-order valence-electron chi connectivity index (χ1n) is 5.72. The third-order valence-electron chi connectivity index (χ3n) is 3.17. The molecule has 2 aromatic rings. The number of anilines is 1. The highest BCUT2D eigenvalue weighted by atomic mass is 79.9. The number of aromatic nitrogens is 2. The van der Waals surface area contributed by atoms with Gasteiger partial charge in [-0.2, -0.15) is 0 Å². The smallest absolute Gasteiger partial charge is 0.147 e. The van der Waals surface area contributed by atoms with Crippen molar-refractivity contribution in [3.63, 3.8) is 0 Å². The summed E-state index contributed by atoms with van der Waals surface area (Å²) in [6.07, 6.45) is 6.16. The van der Waals surface area contributed by atoms with Crippen molar-refractivity contribution in [2.45, 2.75) is 13.0 Å². The van der Waals surface area contributed by atoms with E-state index < -0.39 is 0 Å². The third kappa shape index (κ3) is 2.10. The Hall–Kier alpha value is -1.13. The van der Waals surface area contributed by atoms with E-state index in [1.807, 2.05) is 12.1 Å². The molecule has 0 unspecified atom stereocenters. The van der Waals surface area contributed by atoms with Crippen LogP contribution in [-0.4, -0.2) is 16.5 Å². The molecule has 5 heteroatoms. The Morgan fingerprint density at radius 3 is 2.89 bits per heavy atom. The number of fused-ring (bicyclic) bond motifs is 1. The van der Waals surface area contributed by atoms with Gasteiger partial charge in [0, 0.05) is 35.0 Å². The van der Waals surface area contributed by atoms with Crippen LogP contribution in [0.1, 0.15) is 11.1 Å². The number of halogens is 2. The van der Waals surface area contributed by atoms with E-state index >= 15 is 0 Å². The van der Waals surface area contributed by atoms with Gasteiger partial charge in [0.15, 0.2) is 0 Å². The molecule has 0 fully saturated rings. The van der Waals surface area contributed by atoms with Crippen LogP contribution < -0.4 is 4.90 Å². The molecule has 0 amide bonds. The molecule has 0 bridgehead atoms. The van der Waals surface area contributed by atoms with E-state index in [1.54, 1.807) is 18.6 Å². The predicted octanol–water partition coefficient (Wildman–Crippen LogP) is 3.46. The van der Waals surface area contributed by atoms with Crippen LogP contribution in [0.4, 0.5) is 5.82 Å². The maximum atomic E-state index is 6.28. The Labute approximate surface area is 119 Å². The van der Waals surface area contributed by atoms with E-state index in [0.717, 1.165) is 34.8 Å². The van der Waals surface area contributed by atoms with Crippen molar-refractivity contribution in [1.29, 1.82) is 0 Å². The second-order valence-corrected chi connectivity index (χ2v) is 5.48. The van der Waals surface area contributed by atoms with Gasteiger partial charge in [-0.3, -0.25) is 4.98 Å². The van der Waals surface area contributed by atoms with Crippen LogP contribution in [0.2, 0.25) is 5.02 Å². The number of rotatable bonds is 1. The summed E-state index contributed by atoms with van der Waals surface area (Å²) in [5.74, 6) is 0.902. The van der Waals surface area contributed by atoms with Gasteiger partial charge in [-0.1, -0.05) is 27.5 Å². The zero-order valence-electron chi connectivity index (χ0n) is 9.61. The Kier molecular flexibility index (Phi) is 3.22. The first-order valence-corrected chi connectivity index (χ1v) is 6.89. The van der Waals surface area contributed by atoms with Gasteiger partial charge >= 0.3 is 0 Å². The molecule has 0 radical (unpaired) electrons. The largest absolute Gasteiger partial charge is 0.351 e. The van der Waals surface area contributed by atoms with Crippen LogP contribution in [0.25, 0.3) is 0 Å². The van der Waals surface area contributed by atoms with E-state index in [4.69, 9.17) is 11.6 Å². The monoisotopic (exact) mass is 323 g/mol. The van der Waals surface area contributed by atoms with Gasteiger partial charge in [-0.05, 0) is 29.7 Å². The zero-order chi connectivity index (χ0) is 12.5. The highest BCUT2D eigenvalue weighted by molar-refractivity contribution is 9.10. The van der Waals surface area contributed by atoms with Crippen LogP contribution in [0.3, 0.4) is 0 Å². The summed E-state index contributed by atoms with van der Waals surface area (Å²) < 4.78 is 1.14. The minimum atomic E-state index is 0.784. The Balaban J connectivity index is 1.96. The summed E-state index contributed by atoms with van der Waals surface area (Å²) in [6.45, 7) is 1.72. The van der Waals surface area contributed by atoms with E-state index in [0.29, 0.717) is 0 Å². The first-order chi connectivity index (χ1) is 8.75. The van der Waals surface area contributed by atoms with Crippen LogP contribution in [-0.2, 0) is 13.0 Å². The van der Waals surface area contributed by atoms with E-state index in [2.05, 4.69) is 30.8 Å². The van der Waals surface area contributed by atoms with Gasteiger partial charge in [-0.25, -0.2) is 4.98 Å². The van der Waals surface area contributed by atoms with Crippen molar-refractivity contribution >= 4 is 33.3 Å². The SMILES string of the molecule is Clc1ccc(Br)c2c1CN(c1cnccn1)CC2. The number of benzene rings is 1. The van der Waals surface area contributed by atoms with Crippen molar-refractivity contribution in [2.24, 2.45) is 0 Å². The molecule has 0 aliphatic carbocycles. The summed E-state index contributed by atoms with van der Waals surface area (Å²) in [5.41, 5.74) is 2.49. The summed E-state index contributed by atoms with van der Waals surface area (Å²) >= 11 is 9.87. The van der Waals surface area contributed by atoms with Crippen molar-refractivity contribution < 1.29 is 0 Å². The number of hydrogen-bond donors (Lipinski definition) is 0. The lowest BCUT2D eigenvalue weighted by molar-refractivity contribution is 0.716. The average molecular weight is 325 g/mol. The Bertz CT molecular complexity index is 574. The molecule has 0 spiro atoms. The number of hydrogen-bond acceptors (Lipinski definition) is 3. The number of nitrogens with zero attached hydrogens (tertiary/aromatic N) is 3. The van der Waals surface area contributed by atoms with Gasteiger partial charge in [0.05, 0.1) is 6.20 Å². The van der Waals surface area contributed by atoms with Crippen LogP contribution in [0.15, 0.2) is 35.2 Å². The van der Waals surface area contributed by atoms with Crippen LogP contribution in [0, 0.1) is 0 Å². The van der Waals surface area contributed by atoms with Crippen LogP contribution >= 0.6 is 27.5 Å². The topological polar surface area (TPSA) is 29.0 Å². The maximum absolute atomic E-state index is 6.28. The van der Waals surface area contributed by atoms with Crippen molar-refractivity contribution in [3.8, 4) is 0 Å². The fourth-order valence-corrected chi connectivity index (χ4v) is 3.05. The maximum Gasteiger partial charge on any atom is 0.147 e. The molecule has 0 saturated heterocycles. The normalized spacial score (nSPS) is 14.4. The minimum absolute atomic E-state index is 0.784. The molecular weight excluding hydrogens is 314 g/mol. The van der Waals surface area contributed by atoms with E-state index in [1.165, 1.54) is 11.1 Å². The second-order valence-electron chi connectivity index (χ2n) is 4.22. The summed E-state index contributed by atoms with van der Waals surface area (Å²) in [7, 11) is 0. The quantitative estimate of drug-likeness (QED) is 0.804. The van der Waals surface area contributed by atoms with Gasteiger partial charge in [0.1, 0.15) is 5.82 Å². The molecule has 0 N–H and O–H groups in total. The fraction of sp³-hybridized carbons (Fsp3) is 0.231. The van der Waals surface area contributed by atoms with E-state index in [-0.39, 0.29) is 0 Å². The highest BCUT2D eigenvalue weighted by Gasteiger charge is 2.21. The molecule has 1 aromatic carbocycles. The molecule has 2 heterocycles. The van der Waals surface area contributed by atoms with Gasteiger partial charge in [-0.15, -0.1) is 0 Å².